The number of aryl methyl sites for hydroxylation is 1. The number of benzene rings is 1. The lowest BCUT2D eigenvalue weighted by atomic mass is 9.93. The van der Waals surface area contributed by atoms with Crippen LogP contribution in [-0.2, 0) is 10.0 Å². The maximum atomic E-state index is 13.2. The predicted molar refractivity (Wildman–Crippen MR) is 85.6 cm³/mol. The molecule has 0 amide bonds. The Balaban J connectivity index is 1.98. The molecule has 0 radical (unpaired) electrons. The van der Waals surface area contributed by atoms with Crippen LogP contribution in [0.5, 0.6) is 5.75 Å². The van der Waals surface area contributed by atoms with Gasteiger partial charge in [-0.25, -0.2) is 8.42 Å². The van der Waals surface area contributed by atoms with Crippen LogP contribution in [0.2, 0.25) is 0 Å². The number of fused-ring (bicyclic) bond motifs is 1. The van der Waals surface area contributed by atoms with Crippen LogP contribution in [0.1, 0.15) is 18.4 Å². The third kappa shape index (κ3) is 2.64. The number of sulfonamides is 1. The van der Waals surface area contributed by atoms with Crippen LogP contribution in [0.4, 0.5) is 0 Å². The quantitative estimate of drug-likeness (QED) is 0.849. The number of nitrogens with zero attached hydrogens (tertiary/aromatic N) is 2. The zero-order valence-electron chi connectivity index (χ0n) is 13.4. The maximum Gasteiger partial charge on any atom is 0.247 e. The molecule has 2 saturated heterocycles. The van der Waals surface area contributed by atoms with Gasteiger partial charge in [-0.1, -0.05) is 6.07 Å². The van der Waals surface area contributed by atoms with Gasteiger partial charge in [0.25, 0.3) is 0 Å². The fraction of sp³-hybridized carbons (Fsp3) is 0.625. The lowest BCUT2D eigenvalue weighted by molar-refractivity contribution is 0.165. The first-order valence-corrected chi connectivity index (χ1v) is 9.22. The molecule has 2 heterocycles. The van der Waals surface area contributed by atoms with Crippen molar-refractivity contribution in [3.63, 3.8) is 0 Å². The van der Waals surface area contributed by atoms with Gasteiger partial charge >= 0.3 is 0 Å². The number of ether oxygens (including phenoxy) is 1. The average molecular weight is 324 g/mol. The Kier molecular flexibility index (Phi) is 4.18. The number of likely N-dealkylation sites (N-methyl/N-ethyl adjacent to an activating group) is 1. The van der Waals surface area contributed by atoms with E-state index < -0.39 is 10.0 Å². The summed E-state index contributed by atoms with van der Waals surface area (Å²) in [6.07, 6.45) is 2.05. The fourth-order valence-corrected chi connectivity index (χ4v) is 5.60. The van der Waals surface area contributed by atoms with Gasteiger partial charge < -0.3 is 9.64 Å². The first-order chi connectivity index (χ1) is 10.4. The molecule has 0 saturated carbocycles. The van der Waals surface area contributed by atoms with Gasteiger partial charge in [0.05, 0.1) is 7.11 Å². The van der Waals surface area contributed by atoms with Crippen molar-refractivity contribution >= 4 is 10.0 Å². The molecule has 1 aromatic rings. The van der Waals surface area contributed by atoms with Gasteiger partial charge in [0, 0.05) is 19.1 Å². The summed E-state index contributed by atoms with van der Waals surface area (Å²) in [6.45, 7) is 4.39. The number of methoxy groups -OCH3 is 1. The van der Waals surface area contributed by atoms with E-state index in [9.17, 15) is 8.42 Å². The summed E-state index contributed by atoms with van der Waals surface area (Å²) >= 11 is 0. The maximum absolute atomic E-state index is 13.2. The zero-order valence-corrected chi connectivity index (χ0v) is 14.3. The molecule has 0 bridgehead atoms. The van der Waals surface area contributed by atoms with E-state index in [1.165, 1.54) is 7.11 Å². The Morgan fingerprint density at radius 2 is 1.95 bits per heavy atom. The summed E-state index contributed by atoms with van der Waals surface area (Å²) in [5.41, 5.74) is 0.927. The van der Waals surface area contributed by atoms with Crippen LogP contribution in [0.15, 0.2) is 23.1 Å². The van der Waals surface area contributed by atoms with Crippen LogP contribution in [0.3, 0.4) is 0 Å². The van der Waals surface area contributed by atoms with Crippen molar-refractivity contribution in [2.24, 2.45) is 5.92 Å². The highest BCUT2D eigenvalue weighted by atomic mass is 32.2. The van der Waals surface area contributed by atoms with E-state index in [4.69, 9.17) is 4.74 Å². The molecule has 2 aliphatic heterocycles. The summed E-state index contributed by atoms with van der Waals surface area (Å²) < 4.78 is 33.3. The monoisotopic (exact) mass is 324 g/mol. The number of likely N-dealkylation sites (tertiary alicyclic amines) is 1. The van der Waals surface area contributed by atoms with Gasteiger partial charge in [-0.3, -0.25) is 0 Å². The van der Waals surface area contributed by atoms with E-state index >= 15 is 0 Å². The summed E-state index contributed by atoms with van der Waals surface area (Å²) in [5, 5.41) is 0. The van der Waals surface area contributed by atoms with E-state index in [1.54, 1.807) is 16.4 Å². The van der Waals surface area contributed by atoms with Gasteiger partial charge in [0.15, 0.2) is 0 Å². The SMILES string of the molecule is COc1ccc(C)cc1S(=O)(=O)N1CC[C@H]2CCN(C)C[C@H]21. The molecule has 122 valence electrons. The van der Waals surface area contributed by atoms with Gasteiger partial charge in [0.2, 0.25) is 10.0 Å². The van der Waals surface area contributed by atoms with E-state index in [1.807, 2.05) is 13.0 Å². The second kappa shape index (κ2) is 5.83. The molecule has 0 N–H and O–H groups in total. The number of rotatable bonds is 3. The number of piperidine rings is 1. The van der Waals surface area contributed by atoms with Crippen molar-refractivity contribution in [3.8, 4) is 5.75 Å². The molecular formula is C16H24N2O3S. The standard InChI is InChI=1S/C16H24N2O3S/c1-12-4-5-15(21-3)16(10-12)22(19,20)18-9-7-13-6-8-17(2)11-14(13)18/h4-5,10,13-14H,6-9,11H2,1-3H3/t13-,14-/m1/s1. The zero-order chi connectivity index (χ0) is 15.9. The van der Waals surface area contributed by atoms with Crippen molar-refractivity contribution in [2.45, 2.75) is 30.7 Å². The molecule has 22 heavy (non-hydrogen) atoms. The van der Waals surface area contributed by atoms with Crippen molar-refractivity contribution in [3.05, 3.63) is 23.8 Å². The average Bonchev–Trinajstić information content (AvgIpc) is 2.90. The minimum absolute atomic E-state index is 0.0916. The van der Waals surface area contributed by atoms with E-state index in [0.717, 1.165) is 31.5 Å². The molecule has 0 aromatic heterocycles. The third-order valence-corrected chi connectivity index (χ3v) is 6.87. The van der Waals surface area contributed by atoms with Gasteiger partial charge in [-0.2, -0.15) is 4.31 Å². The molecule has 0 spiro atoms. The molecule has 5 nitrogen and oxygen atoms in total. The highest BCUT2D eigenvalue weighted by Gasteiger charge is 2.44. The Morgan fingerprint density at radius 3 is 2.68 bits per heavy atom. The second-order valence-corrected chi connectivity index (χ2v) is 8.30. The molecule has 2 atom stereocenters. The number of hydrogen-bond acceptors (Lipinski definition) is 4. The predicted octanol–water partition coefficient (Wildman–Crippen LogP) is 1.72. The Hall–Kier alpha value is -1.11. The lowest BCUT2D eigenvalue weighted by Crippen LogP contribution is -2.48. The van der Waals surface area contributed by atoms with Crippen molar-refractivity contribution in [1.29, 1.82) is 0 Å². The fourth-order valence-electron chi connectivity index (χ4n) is 3.67. The minimum atomic E-state index is -3.52. The topological polar surface area (TPSA) is 49.9 Å². The normalized spacial score (nSPS) is 26.9. The van der Waals surface area contributed by atoms with Crippen LogP contribution < -0.4 is 4.74 Å². The molecule has 2 aliphatic rings. The summed E-state index contributed by atoms with van der Waals surface area (Å²) in [7, 11) is 0.0647. The lowest BCUT2D eigenvalue weighted by Gasteiger charge is -2.36. The van der Waals surface area contributed by atoms with Crippen LogP contribution in [0.25, 0.3) is 0 Å². The summed E-state index contributed by atoms with van der Waals surface area (Å²) in [4.78, 5) is 2.52. The van der Waals surface area contributed by atoms with E-state index in [-0.39, 0.29) is 6.04 Å². The Morgan fingerprint density at radius 1 is 1.23 bits per heavy atom. The smallest absolute Gasteiger partial charge is 0.247 e. The van der Waals surface area contributed by atoms with E-state index in [2.05, 4.69) is 11.9 Å². The van der Waals surface area contributed by atoms with Gasteiger partial charge in [0.1, 0.15) is 10.6 Å². The molecule has 1 aromatic carbocycles. The Bertz CT molecular complexity index is 659. The molecule has 0 unspecified atom stereocenters. The molecule has 6 heteroatoms. The van der Waals surface area contributed by atoms with Gasteiger partial charge in [-0.15, -0.1) is 0 Å². The Labute approximate surface area is 132 Å². The number of hydrogen-bond donors (Lipinski definition) is 0. The summed E-state index contributed by atoms with van der Waals surface area (Å²) in [5.74, 6) is 0.917. The van der Waals surface area contributed by atoms with Crippen molar-refractivity contribution < 1.29 is 13.2 Å². The van der Waals surface area contributed by atoms with Crippen LogP contribution in [-0.4, -0.2) is 57.5 Å². The third-order valence-electron chi connectivity index (χ3n) is 4.92. The van der Waals surface area contributed by atoms with Crippen LogP contribution >= 0.6 is 0 Å². The van der Waals surface area contributed by atoms with Crippen molar-refractivity contribution in [1.82, 2.24) is 9.21 Å². The van der Waals surface area contributed by atoms with E-state index in [0.29, 0.717) is 23.1 Å². The van der Waals surface area contributed by atoms with Crippen LogP contribution in [0, 0.1) is 12.8 Å². The highest BCUT2D eigenvalue weighted by molar-refractivity contribution is 7.89. The molecule has 2 fully saturated rings. The highest BCUT2D eigenvalue weighted by Crippen LogP contribution is 2.37. The first-order valence-electron chi connectivity index (χ1n) is 7.78. The van der Waals surface area contributed by atoms with Gasteiger partial charge in [-0.05, 0) is 57.0 Å². The first kappa shape index (κ1) is 15.8. The molecule has 3 rings (SSSR count). The molecule has 0 aliphatic carbocycles. The molecular weight excluding hydrogens is 300 g/mol. The largest absolute Gasteiger partial charge is 0.495 e. The minimum Gasteiger partial charge on any atom is -0.495 e. The van der Waals surface area contributed by atoms with Crippen molar-refractivity contribution in [2.75, 3.05) is 33.8 Å². The summed E-state index contributed by atoms with van der Waals surface area (Å²) in [6, 6.07) is 5.42. The second-order valence-electron chi connectivity index (χ2n) is 6.44.